The number of para-hydroxylation sites is 2. The Morgan fingerprint density at radius 1 is 0.471 bits per heavy atom. The van der Waals surface area contributed by atoms with Crippen LogP contribution in [-0.2, 0) is 16.2 Å². The van der Waals surface area contributed by atoms with E-state index in [4.69, 9.17) is 0 Å². The van der Waals surface area contributed by atoms with Crippen LogP contribution < -0.4 is 31.1 Å². The first-order valence-corrected chi connectivity index (χ1v) is 24.6. The molecule has 2 atom stereocenters. The third-order valence-corrected chi connectivity index (χ3v) is 16.3. The summed E-state index contributed by atoms with van der Waals surface area (Å²) in [6.45, 7) is 18.6. The Balaban J connectivity index is 1.22. The fraction of sp³-hybridized carbons (Fsp3) is 0.238. The molecule has 0 aromatic heterocycles. The predicted molar refractivity (Wildman–Crippen MR) is 287 cm³/mol. The van der Waals surface area contributed by atoms with Crippen LogP contribution in [-0.4, -0.2) is 12.3 Å². The zero-order valence-electron chi connectivity index (χ0n) is 40.7. The van der Waals surface area contributed by atoms with Crippen LogP contribution in [0.5, 0.6) is 0 Å². The van der Waals surface area contributed by atoms with Crippen LogP contribution in [0.3, 0.4) is 0 Å². The number of hydrogen-bond acceptors (Lipinski definition) is 3. The number of nitrogens with zero attached hydrogens (tertiary/aromatic N) is 3. The lowest BCUT2D eigenvalue weighted by Gasteiger charge is -2.47. The maximum atomic E-state index is 15.5. The van der Waals surface area contributed by atoms with Gasteiger partial charge in [-0.05, 0) is 142 Å². The molecule has 12 rings (SSSR count). The number of benzene rings is 8. The van der Waals surface area contributed by atoms with Crippen LogP contribution in [0.1, 0.15) is 91.3 Å². The van der Waals surface area contributed by atoms with Crippen molar-refractivity contribution >= 4 is 68.6 Å². The third kappa shape index (κ3) is 6.23. The molecule has 5 heteroatoms. The Morgan fingerprint density at radius 2 is 0.941 bits per heavy atom. The zero-order valence-corrected chi connectivity index (χ0v) is 40.7. The van der Waals surface area contributed by atoms with Crippen molar-refractivity contribution in [2.24, 2.45) is 0 Å². The van der Waals surface area contributed by atoms with Gasteiger partial charge in [0.1, 0.15) is 5.82 Å². The van der Waals surface area contributed by atoms with Crippen molar-refractivity contribution in [2.45, 2.75) is 96.4 Å². The van der Waals surface area contributed by atoms with Crippen LogP contribution >= 0.6 is 0 Å². The smallest absolute Gasteiger partial charge is 0.252 e. The molecule has 3 aliphatic heterocycles. The van der Waals surface area contributed by atoms with Crippen LogP contribution in [0.25, 0.3) is 22.3 Å². The first-order chi connectivity index (χ1) is 32.7. The van der Waals surface area contributed by atoms with E-state index < -0.39 is 0 Å². The molecular formula is C63H59BFN3. The summed E-state index contributed by atoms with van der Waals surface area (Å²) in [5, 5.41) is 0. The van der Waals surface area contributed by atoms with Crippen molar-refractivity contribution in [2.75, 3.05) is 14.7 Å². The quantitative estimate of drug-likeness (QED) is 0.159. The fourth-order valence-corrected chi connectivity index (χ4v) is 12.6. The number of rotatable bonds is 5. The molecule has 3 heterocycles. The van der Waals surface area contributed by atoms with Crippen molar-refractivity contribution in [1.82, 2.24) is 0 Å². The Labute approximate surface area is 403 Å². The first kappa shape index (κ1) is 42.5. The molecule has 1 fully saturated rings. The molecule has 0 radical (unpaired) electrons. The average Bonchev–Trinajstić information content (AvgIpc) is 3.74. The number of hydrogen-bond donors (Lipinski definition) is 0. The van der Waals surface area contributed by atoms with Gasteiger partial charge in [0.2, 0.25) is 0 Å². The lowest BCUT2D eigenvalue weighted by Crippen LogP contribution is -2.61. The highest BCUT2D eigenvalue weighted by Crippen LogP contribution is 2.63. The molecule has 68 heavy (non-hydrogen) atoms. The molecule has 0 amide bonds. The lowest BCUT2D eigenvalue weighted by atomic mass is 9.33. The predicted octanol–water partition coefficient (Wildman–Crippen LogP) is 15.2. The maximum absolute atomic E-state index is 15.5. The summed E-state index contributed by atoms with van der Waals surface area (Å²) < 4.78 is 15.5. The molecule has 0 N–H and O–H groups in total. The maximum Gasteiger partial charge on any atom is 0.252 e. The van der Waals surface area contributed by atoms with E-state index in [9.17, 15) is 0 Å². The molecular weight excluding hydrogens is 829 g/mol. The topological polar surface area (TPSA) is 9.72 Å². The molecule has 0 bridgehead atoms. The largest absolute Gasteiger partial charge is 0.334 e. The fourth-order valence-electron chi connectivity index (χ4n) is 12.6. The Morgan fingerprint density at radius 3 is 1.44 bits per heavy atom. The molecule has 8 aromatic carbocycles. The summed E-state index contributed by atoms with van der Waals surface area (Å²) in [5.74, 6) is -0.172. The Hall–Kier alpha value is -6.85. The van der Waals surface area contributed by atoms with Gasteiger partial charge >= 0.3 is 0 Å². The summed E-state index contributed by atoms with van der Waals surface area (Å²) in [7, 11) is 0. The van der Waals surface area contributed by atoms with E-state index in [1.165, 1.54) is 61.1 Å². The minimum absolute atomic E-state index is 0.0377. The zero-order chi connectivity index (χ0) is 46.9. The lowest BCUT2D eigenvalue weighted by molar-refractivity contribution is 0.330. The van der Waals surface area contributed by atoms with Gasteiger partial charge in [0.05, 0.1) is 16.9 Å². The van der Waals surface area contributed by atoms with Crippen molar-refractivity contribution in [1.29, 1.82) is 0 Å². The molecule has 2 unspecified atom stereocenters. The second kappa shape index (κ2) is 15.1. The van der Waals surface area contributed by atoms with Crippen LogP contribution in [0.4, 0.5) is 49.9 Å². The van der Waals surface area contributed by atoms with E-state index in [1.807, 2.05) is 12.1 Å². The third-order valence-electron chi connectivity index (χ3n) is 16.3. The molecule has 336 valence electrons. The molecule has 0 spiro atoms. The standard InChI is InChI=1S/C63H59BFN3/c1-60(2,3)43-28-31-52(47(36-43)41-20-11-9-12-21-41)66-55-26-17-15-24-50(55)64-51-25-16-18-27-56(51)67(53-32-29-44(61(4,5)6)37-48(53)42-22-13-10-14-23-42)58-40-46(39-57(66)59(58)64)68-54-33-30-45(65)38-49(54)62(7)34-19-35-63(62,68)8/h9-18,20-33,36-40H,19,34-35H2,1-8H3. The normalized spacial score (nSPS) is 19.1. The van der Waals surface area contributed by atoms with Crippen LogP contribution in [0.15, 0.2) is 176 Å². The van der Waals surface area contributed by atoms with Gasteiger partial charge in [0.25, 0.3) is 6.71 Å². The van der Waals surface area contributed by atoms with Crippen LogP contribution in [0.2, 0.25) is 0 Å². The van der Waals surface area contributed by atoms with Crippen LogP contribution in [0, 0.1) is 5.82 Å². The van der Waals surface area contributed by atoms with Crippen molar-refractivity contribution in [3.05, 3.63) is 198 Å². The van der Waals surface area contributed by atoms with E-state index >= 15 is 4.39 Å². The van der Waals surface area contributed by atoms with Gasteiger partial charge in [-0.15, -0.1) is 0 Å². The van der Waals surface area contributed by atoms with E-state index in [0.717, 1.165) is 59.0 Å². The average molecular weight is 888 g/mol. The summed E-state index contributed by atoms with van der Waals surface area (Å²) in [6.07, 6.45) is 3.10. The van der Waals surface area contributed by atoms with Gasteiger partial charge in [0, 0.05) is 50.7 Å². The number of anilines is 8. The summed E-state index contributed by atoms with van der Waals surface area (Å²) in [4.78, 5) is 7.76. The molecule has 8 aromatic rings. The highest BCUT2D eigenvalue weighted by atomic mass is 19.1. The summed E-state index contributed by atoms with van der Waals surface area (Å²) in [5.41, 5.74) is 20.8. The molecule has 3 nitrogen and oxygen atoms in total. The Kier molecular flexibility index (Phi) is 9.43. The monoisotopic (exact) mass is 887 g/mol. The van der Waals surface area contributed by atoms with Crippen molar-refractivity contribution in [3.63, 3.8) is 0 Å². The molecule has 4 aliphatic rings. The highest BCUT2D eigenvalue weighted by molar-refractivity contribution is 7.00. The summed E-state index contributed by atoms with van der Waals surface area (Å²) >= 11 is 0. The summed E-state index contributed by atoms with van der Waals surface area (Å²) in [6, 6.07) is 64.8. The Bertz CT molecular complexity index is 3140. The van der Waals surface area contributed by atoms with Gasteiger partial charge in [-0.2, -0.15) is 0 Å². The molecule has 1 saturated carbocycles. The van der Waals surface area contributed by atoms with Gasteiger partial charge in [-0.25, -0.2) is 4.39 Å². The second-order valence-corrected chi connectivity index (χ2v) is 22.3. The van der Waals surface area contributed by atoms with E-state index in [1.54, 1.807) is 6.07 Å². The van der Waals surface area contributed by atoms with E-state index in [2.05, 4.69) is 228 Å². The molecule has 1 aliphatic carbocycles. The molecule has 0 saturated heterocycles. The van der Waals surface area contributed by atoms with Gasteiger partial charge < -0.3 is 14.7 Å². The van der Waals surface area contributed by atoms with Gasteiger partial charge in [0.15, 0.2) is 0 Å². The number of halogens is 1. The number of fused-ring (bicyclic) bond motifs is 7. The minimum atomic E-state index is -0.286. The second-order valence-electron chi connectivity index (χ2n) is 22.3. The van der Waals surface area contributed by atoms with E-state index in [0.29, 0.717) is 0 Å². The SMILES string of the molecule is CC(C)(C)c1ccc(N2c3ccccc3B3c4ccccc4N(c4ccc(C(C)(C)C)cc4-c4ccccc4)c4cc(N5c6ccc(F)cc6C6(C)CCCC56C)cc2c43)c(-c2ccccc2)c1. The van der Waals surface area contributed by atoms with Gasteiger partial charge in [-0.1, -0.05) is 164 Å². The highest BCUT2D eigenvalue weighted by Gasteiger charge is 2.60. The van der Waals surface area contributed by atoms with Gasteiger partial charge in [-0.3, -0.25) is 0 Å². The van der Waals surface area contributed by atoms with Crippen molar-refractivity contribution in [3.8, 4) is 22.3 Å². The van der Waals surface area contributed by atoms with Crippen molar-refractivity contribution < 1.29 is 4.39 Å². The first-order valence-electron chi connectivity index (χ1n) is 24.6. The van der Waals surface area contributed by atoms with E-state index in [-0.39, 0.29) is 34.3 Å². The minimum Gasteiger partial charge on any atom is -0.334 e.